The molecule has 7 nitrogen and oxygen atoms in total. The van der Waals surface area contributed by atoms with Crippen LogP contribution < -0.4 is 10.6 Å². The van der Waals surface area contributed by atoms with Crippen molar-refractivity contribution in [3.05, 3.63) is 42.0 Å². The van der Waals surface area contributed by atoms with Crippen LogP contribution in [0.1, 0.15) is 155 Å². The minimum Gasteiger partial charge on any atom is -0.478 e. The molecule has 5 aliphatic rings. The second-order valence-corrected chi connectivity index (χ2v) is 19.4. The number of hydrogen-bond acceptors (Lipinski definition) is 4. The summed E-state index contributed by atoms with van der Waals surface area (Å²) >= 11 is 0. The van der Waals surface area contributed by atoms with E-state index in [1.165, 1.54) is 43.4 Å². The standard InChI is InChI=1S/C45H68N2O5/c1-29(2)32-20-25-45(40(52)46-28-12-10-8-9-11-13-37(49)47-31-16-14-30(15-17-31)39(50)51)27-26-43(6)33(38(32)45)18-19-35-42(5)23-22-36(48)41(3,4)34(42)21-24-44(35,43)7/h14-17,32-36,38,48H,1,8-13,18-28H2,2-7H3,(H,46,52)(H,47,49)(H,50,51)/t32-,33+,34-,35+,36-,38+,42-,43+,44+,45-/m0/s1. The highest BCUT2D eigenvalue weighted by Crippen LogP contribution is 2.77. The van der Waals surface area contributed by atoms with Crippen LogP contribution in [0.5, 0.6) is 0 Å². The van der Waals surface area contributed by atoms with Gasteiger partial charge in [-0.2, -0.15) is 0 Å². The summed E-state index contributed by atoms with van der Waals surface area (Å²) in [6.07, 6.45) is 16.1. The monoisotopic (exact) mass is 717 g/mol. The predicted octanol–water partition coefficient (Wildman–Crippen LogP) is 9.80. The Balaban J connectivity index is 1.03. The quantitative estimate of drug-likeness (QED) is 0.127. The summed E-state index contributed by atoms with van der Waals surface area (Å²) in [5.74, 6) is 1.77. The van der Waals surface area contributed by atoms with E-state index in [1.807, 2.05) is 0 Å². The van der Waals surface area contributed by atoms with Crippen molar-refractivity contribution in [1.82, 2.24) is 5.32 Å². The lowest BCUT2D eigenvalue weighted by atomic mass is 9.32. The Morgan fingerprint density at radius 1 is 0.788 bits per heavy atom. The Hall–Kier alpha value is -2.67. The Labute approximate surface area is 313 Å². The third-order valence-corrected chi connectivity index (χ3v) is 16.8. The number of hydrogen-bond donors (Lipinski definition) is 4. The van der Waals surface area contributed by atoms with Gasteiger partial charge in [-0.1, -0.05) is 66.0 Å². The molecule has 5 aliphatic carbocycles. The second kappa shape index (κ2) is 14.5. The molecule has 5 fully saturated rings. The number of fused-ring (bicyclic) bond motifs is 7. The van der Waals surface area contributed by atoms with Crippen LogP contribution in [0, 0.1) is 56.7 Å². The molecule has 10 atom stereocenters. The maximum absolute atomic E-state index is 14.4. The van der Waals surface area contributed by atoms with E-state index in [4.69, 9.17) is 5.11 Å². The third-order valence-electron chi connectivity index (χ3n) is 16.8. The highest BCUT2D eigenvalue weighted by molar-refractivity contribution is 5.92. The predicted molar refractivity (Wildman–Crippen MR) is 208 cm³/mol. The zero-order valence-corrected chi connectivity index (χ0v) is 33.1. The number of nitrogens with one attached hydrogen (secondary N) is 2. The Morgan fingerprint density at radius 3 is 2.17 bits per heavy atom. The summed E-state index contributed by atoms with van der Waals surface area (Å²) < 4.78 is 0. The van der Waals surface area contributed by atoms with E-state index in [0.29, 0.717) is 54.1 Å². The fourth-order valence-corrected chi connectivity index (χ4v) is 13.8. The smallest absolute Gasteiger partial charge is 0.335 e. The Bertz CT molecular complexity index is 1520. The first kappa shape index (κ1) is 39.0. The van der Waals surface area contributed by atoms with Gasteiger partial charge in [-0.05, 0) is 159 Å². The largest absolute Gasteiger partial charge is 0.478 e. The van der Waals surface area contributed by atoms with Crippen LogP contribution in [0.2, 0.25) is 0 Å². The number of amides is 2. The summed E-state index contributed by atoms with van der Waals surface area (Å²) in [5.41, 5.74) is 2.42. The molecule has 0 aliphatic heterocycles. The Morgan fingerprint density at radius 2 is 1.48 bits per heavy atom. The lowest BCUT2D eigenvalue weighted by Gasteiger charge is -2.72. The zero-order valence-electron chi connectivity index (χ0n) is 33.1. The molecule has 7 heteroatoms. The van der Waals surface area contributed by atoms with E-state index < -0.39 is 5.97 Å². The van der Waals surface area contributed by atoms with Gasteiger partial charge in [0.1, 0.15) is 0 Å². The molecule has 5 saturated carbocycles. The number of allylic oxidation sites excluding steroid dienone is 1. The van der Waals surface area contributed by atoms with Crippen LogP contribution in [0.4, 0.5) is 5.69 Å². The summed E-state index contributed by atoms with van der Waals surface area (Å²) in [5, 5.41) is 26.4. The van der Waals surface area contributed by atoms with Crippen molar-refractivity contribution in [3.63, 3.8) is 0 Å². The molecule has 0 unspecified atom stereocenters. The fourth-order valence-electron chi connectivity index (χ4n) is 13.8. The van der Waals surface area contributed by atoms with E-state index in [1.54, 1.807) is 12.1 Å². The average molecular weight is 717 g/mol. The number of benzene rings is 1. The number of carboxylic acid groups (broad SMARTS) is 1. The molecule has 52 heavy (non-hydrogen) atoms. The van der Waals surface area contributed by atoms with Gasteiger partial charge in [0.2, 0.25) is 11.8 Å². The van der Waals surface area contributed by atoms with E-state index in [2.05, 4.69) is 58.8 Å². The molecule has 0 aromatic heterocycles. The normalized spacial score (nSPS) is 38.9. The van der Waals surface area contributed by atoms with Crippen LogP contribution in [-0.2, 0) is 9.59 Å². The van der Waals surface area contributed by atoms with Gasteiger partial charge in [0, 0.05) is 18.7 Å². The number of aliphatic hydroxyl groups excluding tert-OH is 1. The Kier molecular flexibility index (Phi) is 10.9. The number of unbranched alkanes of at least 4 members (excludes halogenated alkanes) is 4. The van der Waals surface area contributed by atoms with Gasteiger partial charge >= 0.3 is 5.97 Å². The van der Waals surface area contributed by atoms with Crippen molar-refractivity contribution in [1.29, 1.82) is 0 Å². The van der Waals surface area contributed by atoms with Gasteiger partial charge in [-0.15, -0.1) is 0 Å². The molecule has 0 bridgehead atoms. The summed E-state index contributed by atoms with van der Waals surface area (Å²) in [6.45, 7) is 20.0. The van der Waals surface area contributed by atoms with E-state index >= 15 is 0 Å². The fraction of sp³-hybridized carbons (Fsp3) is 0.756. The molecule has 1 aromatic carbocycles. The first-order valence-electron chi connectivity index (χ1n) is 20.8. The van der Waals surface area contributed by atoms with E-state index in [-0.39, 0.29) is 44.6 Å². The molecule has 0 spiro atoms. The molecule has 4 N–H and O–H groups in total. The van der Waals surface area contributed by atoms with Crippen LogP contribution >= 0.6 is 0 Å². The topological polar surface area (TPSA) is 116 Å². The molecule has 2 amide bonds. The summed E-state index contributed by atoms with van der Waals surface area (Å²) in [6, 6.07) is 6.23. The molecular weight excluding hydrogens is 649 g/mol. The lowest BCUT2D eigenvalue weighted by Crippen LogP contribution is -2.67. The highest BCUT2D eigenvalue weighted by Gasteiger charge is 2.71. The molecule has 6 rings (SSSR count). The van der Waals surface area contributed by atoms with Gasteiger partial charge < -0.3 is 20.8 Å². The first-order chi connectivity index (χ1) is 24.5. The number of aliphatic hydroxyl groups is 1. The maximum atomic E-state index is 14.4. The number of carbonyl (C=O) groups excluding carboxylic acids is 2. The maximum Gasteiger partial charge on any atom is 0.335 e. The number of anilines is 1. The molecule has 0 heterocycles. The van der Waals surface area contributed by atoms with Gasteiger partial charge in [0.05, 0.1) is 17.1 Å². The number of aromatic carboxylic acids is 1. The SMILES string of the molecule is C=C(C)[C@@H]1CC[C@]2(C(=O)NCCCCCCCC(=O)Nc3ccc(C(=O)O)cc3)CC[C@]3(C)[C@H](CC[C@@H]4[C@@]5(C)CC[C@H](O)C(C)(C)[C@@H]5CC[C@]43C)[C@@H]12. The number of carboxylic acids is 1. The lowest BCUT2D eigenvalue weighted by molar-refractivity contribution is -0.246. The average Bonchev–Trinajstić information content (AvgIpc) is 3.50. The third kappa shape index (κ3) is 6.47. The van der Waals surface area contributed by atoms with Crippen molar-refractivity contribution in [2.45, 2.75) is 150 Å². The minimum absolute atomic E-state index is 0.0420. The van der Waals surface area contributed by atoms with Crippen LogP contribution in [0.15, 0.2) is 36.4 Å². The van der Waals surface area contributed by atoms with Gasteiger partial charge in [0.25, 0.3) is 0 Å². The summed E-state index contributed by atoms with van der Waals surface area (Å²) in [4.78, 5) is 37.8. The molecule has 0 radical (unpaired) electrons. The van der Waals surface area contributed by atoms with E-state index in [9.17, 15) is 19.5 Å². The number of carbonyl (C=O) groups is 3. The first-order valence-corrected chi connectivity index (χ1v) is 20.8. The van der Waals surface area contributed by atoms with Crippen LogP contribution in [0.25, 0.3) is 0 Å². The molecule has 0 saturated heterocycles. The highest BCUT2D eigenvalue weighted by atomic mass is 16.4. The van der Waals surface area contributed by atoms with Crippen molar-refractivity contribution in [2.75, 3.05) is 11.9 Å². The second-order valence-electron chi connectivity index (χ2n) is 19.4. The van der Waals surface area contributed by atoms with Crippen molar-refractivity contribution < 1.29 is 24.6 Å². The van der Waals surface area contributed by atoms with Crippen LogP contribution in [-0.4, -0.2) is 40.6 Å². The van der Waals surface area contributed by atoms with E-state index in [0.717, 1.165) is 70.6 Å². The zero-order chi connectivity index (χ0) is 37.7. The number of rotatable bonds is 12. The van der Waals surface area contributed by atoms with Crippen molar-refractivity contribution in [3.8, 4) is 0 Å². The van der Waals surface area contributed by atoms with Gasteiger partial charge in [0.15, 0.2) is 0 Å². The minimum atomic E-state index is -0.983. The van der Waals surface area contributed by atoms with Gasteiger partial charge in [-0.3, -0.25) is 9.59 Å². The molecular formula is C45H68N2O5. The van der Waals surface area contributed by atoms with Crippen molar-refractivity contribution >= 4 is 23.5 Å². The molecule has 1 aromatic rings. The molecule has 288 valence electrons. The van der Waals surface area contributed by atoms with Crippen molar-refractivity contribution in [2.24, 2.45) is 56.7 Å². The van der Waals surface area contributed by atoms with Crippen LogP contribution in [0.3, 0.4) is 0 Å². The van der Waals surface area contributed by atoms with Gasteiger partial charge in [-0.25, -0.2) is 4.79 Å². The summed E-state index contributed by atoms with van der Waals surface area (Å²) in [7, 11) is 0.